The fourth-order valence-corrected chi connectivity index (χ4v) is 6.39. The lowest BCUT2D eigenvalue weighted by atomic mass is 9.95. The van der Waals surface area contributed by atoms with Crippen LogP contribution in [-0.2, 0) is 14.3 Å². The number of carbonyl (C=O) groups is 3. The number of hydrogen-bond acceptors (Lipinski definition) is 10. The van der Waals surface area contributed by atoms with E-state index in [1.807, 2.05) is 85.8 Å². The maximum atomic E-state index is 12.6. The summed E-state index contributed by atoms with van der Waals surface area (Å²) in [5, 5.41) is 20.7. The Kier molecular flexibility index (Phi) is 12.5. The molecule has 6 rings (SSSR count). The molecule has 56 heavy (non-hydrogen) atoms. The van der Waals surface area contributed by atoms with Gasteiger partial charge in [-0.3, -0.25) is 5.43 Å². The molecule has 0 radical (unpaired) electrons. The van der Waals surface area contributed by atoms with E-state index >= 15 is 0 Å². The maximum Gasteiger partial charge on any atom is 0.338 e. The second-order valence-electron chi connectivity index (χ2n) is 12.6. The van der Waals surface area contributed by atoms with Crippen molar-refractivity contribution >= 4 is 24.2 Å². The number of hydrogen-bond donors (Lipinski definition) is 4. The average molecular weight is 758 g/mol. The Labute approximate surface area is 324 Å². The van der Waals surface area contributed by atoms with Crippen LogP contribution in [0.3, 0.4) is 0 Å². The van der Waals surface area contributed by atoms with Crippen LogP contribution in [0.1, 0.15) is 48.3 Å². The molecule has 4 aromatic carbocycles. The number of ether oxygens (including phenoxy) is 4. The van der Waals surface area contributed by atoms with Crippen molar-refractivity contribution in [2.24, 2.45) is 5.10 Å². The first-order chi connectivity index (χ1) is 27.2. The molecule has 2 heterocycles. The topological polar surface area (TPSA) is 162 Å². The second-order valence-corrected chi connectivity index (χ2v) is 12.6. The van der Waals surface area contributed by atoms with Crippen LogP contribution < -0.4 is 25.5 Å². The number of amides is 2. The van der Waals surface area contributed by atoms with Crippen LogP contribution in [0.25, 0.3) is 28.2 Å². The van der Waals surface area contributed by atoms with Crippen molar-refractivity contribution in [1.82, 2.24) is 20.6 Å². The van der Waals surface area contributed by atoms with Gasteiger partial charge in [0.15, 0.2) is 17.7 Å². The predicted octanol–water partition coefficient (Wildman–Crippen LogP) is 6.51. The number of nitrogens with zero attached hydrogens (tertiary/aromatic N) is 2. The van der Waals surface area contributed by atoms with E-state index in [0.29, 0.717) is 34.9 Å². The fraction of sp³-hybridized carbons (Fsp3) is 0.209. The molecule has 5 aromatic rings. The summed E-state index contributed by atoms with van der Waals surface area (Å²) in [4.78, 5) is 37.3. The quantitative estimate of drug-likeness (QED) is 0.0404. The molecular weight excluding hydrogens is 714 g/mol. The molecule has 2 atom stereocenters. The summed E-state index contributed by atoms with van der Waals surface area (Å²) in [7, 11) is 1.28. The number of carbonyl (C=O) groups excluding carboxylic acids is 3. The van der Waals surface area contributed by atoms with Crippen LogP contribution in [0.4, 0.5) is 4.79 Å². The van der Waals surface area contributed by atoms with E-state index in [4.69, 9.17) is 18.9 Å². The number of aliphatic hydroxyl groups is 1. The number of esters is 2. The number of aliphatic hydroxyl groups excluding tert-OH is 1. The van der Waals surface area contributed by atoms with E-state index in [1.165, 1.54) is 7.11 Å². The summed E-state index contributed by atoms with van der Waals surface area (Å²) in [6.45, 7) is 5.62. The van der Waals surface area contributed by atoms with Gasteiger partial charge in [-0.25, -0.2) is 14.4 Å². The predicted molar refractivity (Wildman–Crippen MR) is 212 cm³/mol. The van der Waals surface area contributed by atoms with E-state index in [0.717, 1.165) is 33.8 Å². The van der Waals surface area contributed by atoms with Gasteiger partial charge in [0, 0.05) is 16.9 Å². The van der Waals surface area contributed by atoms with Gasteiger partial charge >= 0.3 is 18.0 Å². The molecular formula is C43H43N5O8. The van der Waals surface area contributed by atoms with E-state index in [2.05, 4.69) is 25.7 Å². The zero-order chi connectivity index (χ0) is 39.6. The van der Waals surface area contributed by atoms with Crippen molar-refractivity contribution in [2.45, 2.75) is 33.0 Å². The molecule has 0 aliphatic carbocycles. The van der Waals surface area contributed by atoms with Crippen molar-refractivity contribution in [3.63, 3.8) is 0 Å². The summed E-state index contributed by atoms with van der Waals surface area (Å²) in [5.74, 6) is -0.278. The highest BCUT2D eigenvalue weighted by Gasteiger charge is 2.32. The first kappa shape index (κ1) is 38.9. The minimum atomic E-state index is -1.22. The summed E-state index contributed by atoms with van der Waals surface area (Å²) in [6, 6.07) is 32.9. The average Bonchev–Trinajstić information content (AvgIpc) is 3.60. The molecule has 1 aliphatic heterocycles. The molecule has 4 N–H and O–H groups in total. The van der Waals surface area contributed by atoms with Crippen LogP contribution in [0, 0.1) is 0 Å². The Morgan fingerprint density at radius 3 is 2.23 bits per heavy atom. The van der Waals surface area contributed by atoms with Crippen molar-refractivity contribution in [2.75, 3.05) is 26.9 Å². The summed E-state index contributed by atoms with van der Waals surface area (Å²) < 4.78 is 24.1. The number of nitrogens with one attached hydrogen (secondary N) is 3. The third-order valence-electron chi connectivity index (χ3n) is 8.88. The largest absolute Gasteiger partial charge is 0.490 e. The third kappa shape index (κ3) is 8.74. The highest BCUT2D eigenvalue weighted by atomic mass is 16.5. The SMILES string of the molecule is CCOC(=O)c1ccc(-n2c(-c3ccccc3)cc(/C=N/N[C@@H](O)COc3ccc([C@H]4NC(=O)NC(C)=C4C(=O)OC)cc3OCC)c2-c2ccccc2)cc1. The molecule has 2 amide bonds. The Hall–Kier alpha value is -6.86. The third-order valence-corrected chi connectivity index (χ3v) is 8.88. The van der Waals surface area contributed by atoms with Gasteiger partial charge in [0.1, 0.15) is 6.61 Å². The number of methoxy groups -OCH3 is 1. The Morgan fingerprint density at radius 2 is 1.57 bits per heavy atom. The van der Waals surface area contributed by atoms with Crippen LogP contribution in [0.5, 0.6) is 11.5 Å². The van der Waals surface area contributed by atoms with Crippen LogP contribution in [-0.4, -0.2) is 67.0 Å². The summed E-state index contributed by atoms with van der Waals surface area (Å²) >= 11 is 0. The van der Waals surface area contributed by atoms with Crippen LogP contribution in [0.15, 0.2) is 126 Å². The second kappa shape index (κ2) is 18.0. The van der Waals surface area contributed by atoms with Crippen molar-refractivity contribution in [3.05, 3.63) is 137 Å². The van der Waals surface area contributed by atoms with Gasteiger partial charge in [-0.05, 0) is 79.9 Å². The normalized spacial score (nSPS) is 14.4. The number of aromatic nitrogens is 1. The van der Waals surface area contributed by atoms with E-state index in [1.54, 1.807) is 50.4 Å². The Bertz CT molecular complexity index is 2230. The number of hydrazone groups is 1. The smallest absolute Gasteiger partial charge is 0.338 e. The van der Waals surface area contributed by atoms with E-state index < -0.39 is 24.3 Å². The van der Waals surface area contributed by atoms with Gasteiger partial charge in [-0.1, -0.05) is 66.7 Å². The zero-order valence-electron chi connectivity index (χ0n) is 31.4. The molecule has 0 saturated heterocycles. The van der Waals surface area contributed by atoms with E-state index in [-0.39, 0.29) is 24.8 Å². The molecule has 0 fully saturated rings. The fourth-order valence-electron chi connectivity index (χ4n) is 6.39. The minimum Gasteiger partial charge on any atom is -0.490 e. The molecule has 288 valence electrons. The zero-order valence-corrected chi connectivity index (χ0v) is 31.4. The Morgan fingerprint density at radius 1 is 0.875 bits per heavy atom. The highest BCUT2D eigenvalue weighted by Crippen LogP contribution is 2.37. The molecule has 1 aromatic heterocycles. The molecule has 0 saturated carbocycles. The summed E-state index contributed by atoms with van der Waals surface area (Å²) in [5.41, 5.74) is 9.63. The lowest BCUT2D eigenvalue weighted by Crippen LogP contribution is -2.45. The van der Waals surface area contributed by atoms with Gasteiger partial charge in [0.05, 0.1) is 55.1 Å². The van der Waals surface area contributed by atoms with Gasteiger partial charge in [0.25, 0.3) is 0 Å². The number of allylic oxidation sites excluding steroid dienone is 1. The molecule has 13 heteroatoms. The summed E-state index contributed by atoms with van der Waals surface area (Å²) in [6.07, 6.45) is 0.427. The Balaban J connectivity index is 1.25. The standard InChI is InChI=1S/C43H43N5O8/c1-5-54-36-24-31(39-38(42(51)53-4)27(3)45-43(52)46-39)19-22-35(36)56-26-37(49)47-44-25-32-23-34(28-13-9-7-10-14-28)48(40(32)29-15-11-8-12-16-29)33-20-17-30(18-21-33)41(50)55-6-2/h7-25,37,39,47,49H,5-6,26H2,1-4H3,(H2,45,46,52)/b44-25+/t37-,39+/m0/s1. The van der Waals surface area contributed by atoms with Crippen molar-refractivity contribution < 1.29 is 38.4 Å². The number of benzene rings is 4. The highest BCUT2D eigenvalue weighted by molar-refractivity contribution is 5.95. The van der Waals surface area contributed by atoms with Gasteiger partial charge < -0.3 is 39.3 Å². The van der Waals surface area contributed by atoms with Crippen molar-refractivity contribution in [3.8, 4) is 39.7 Å². The molecule has 1 aliphatic rings. The van der Waals surface area contributed by atoms with E-state index in [9.17, 15) is 19.5 Å². The van der Waals surface area contributed by atoms with Gasteiger partial charge in [-0.15, -0.1) is 0 Å². The first-order valence-electron chi connectivity index (χ1n) is 18.1. The van der Waals surface area contributed by atoms with Crippen LogP contribution in [0.2, 0.25) is 0 Å². The molecule has 13 nitrogen and oxygen atoms in total. The van der Waals surface area contributed by atoms with Gasteiger partial charge in [0.2, 0.25) is 0 Å². The lowest BCUT2D eigenvalue weighted by molar-refractivity contribution is -0.136. The molecule has 0 unspecified atom stereocenters. The lowest BCUT2D eigenvalue weighted by Gasteiger charge is -2.28. The van der Waals surface area contributed by atoms with Crippen LogP contribution >= 0.6 is 0 Å². The van der Waals surface area contributed by atoms with Gasteiger partial charge in [-0.2, -0.15) is 5.10 Å². The molecule has 0 spiro atoms. The monoisotopic (exact) mass is 757 g/mol. The number of rotatable bonds is 15. The first-order valence-corrected chi connectivity index (χ1v) is 18.1. The minimum absolute atomic E-state index is 0.193. The molecule has 0 bridgehead atoms. The van der Waals surface area contributed by atoms with Crippen molar-refractivity contribution in [1.29, 1.82) is 0 Å². The number of urea groups is 1. The maximum absolute atomic E-state index is 12.6.